The highest BCUT2D eigenvalue weighted by atomic mass is 16.2. The number of nitrogens with zero attached hydrogens (tertiary/aromatic N) is 1. The molecule has 2 aromatic rings. The molecule has 96 valence electrons. The van der Waals surface area contributed by atoms with Crippen LogP contribution in [0.5, 0.6) is 0 Å². The Morgan fingerprint density at radius 3 is 2.67 bits per heavy atom. The minimum absolute atomic E-state index is 0.305. The number of pyridine rings is 1. The van der Waals surface area contributed by atoms with Gasteiger partial charge in [-0.2, -0.15) is 0 Å². The molecule has 0 saturated carbocycles. The fraction of sp³-hybridized carbons (Fsp3) is 0.400. The molecule has 3 nitrogen and oxygen atoms in total. The lowest BCUT2D eigenvalue weighted by Gasteiger charge is -2.06. The van der Waals surface area contributed by atoms with Crippen molar-refractivity contribution in [2.75, 3.05) is 18.5 Å². The molecule has 0 spiro atoms. The number of fused-ring (bicyclic) bond motifs is 1. The van der Waals surface area contributed by atoms with E-state index in [1.54, 1.807) is 0 Å². The van der Waals surface area contributed by atoms with Crippen LogP contribution in [0, 0.1) is 0 Å². The summed E-state index contributed by atoms with van der Waals surface area (Å²) < 4.78 is 0. The third-order valence-corrected chi connectivity index (χ3v) is 2.99. The van der Waals surface area contributed by atoms with Crippen LogP contribution in [0.15, 0.2) is 36.4 Å². The number of para-hydroxylation sites is 1. The first kappa shape index (κ1) is 12.8. The molecule has 18 heavy (non-hydrogen) atoms. The zero-order valence-electron chi connectivity index (χ0n) is 10.6. The normalized spacial score (nSPS) is 10.7. The van der Waals surface area contributed by atoms with Gasteiger partial charge in [0.2, 0.25) is 0 Å². The second-order valence-electron chi connectivity index (χ2n) is 4.45. The molecule has 0 bridgehead atoms. The Labute approximate surface area is 108 Å². The topological polar surface area (TPSA) is 45.1 Å². The molecule has 1 aromatic heterocycles. The zero-order chi connectivity index (χ0) is 12.6. The van der Waals surface area contributed by atoms with E-state index in [1.807, 2.05) is 24.3 Å². The maximum absolute atomic E-state index is 8.68. The van der Waals surface area contributed by atoms with Crippen LogP contribution in [-0.4, -0.2) is 23.2 Å². The van der Waals surface area contributed by atoms with Gasteiger partial charge in [-0.15, -0.1) is 0 Å². The van der Waals surface area contributed by atoms with E-state index in [9.17, 15) is 0 Å². The van der Waals surface area contributed by atoms with E-state index < -0.39 is 0 Å². The second kappa shape index (κ2) is 6.97. The Bertz CT molecular complexity index is 485. The van der Waals surface area contributed by atoms with Crippen molar-refractivity contribution >= 4 is 16.7 Å². The summed E-state index contributed by atoms with van der Waals surface area (Å²) in [6, 6.07) is 12.3. The van der Waals surface area contributed by atoms with Crippen LogP contribution in [0.4, 0.5) is 5.82 Å². The minimum Gasteiger partial charge on any atom is -0.396 e. The smallest absolute Gasteiger partial charge is 0.126 e. The lowest BCUT2D eigenvalue weighted by atomic mass is 10.2. The number of anilines is 1. The van der Waals surface area contributed by atoms with Gasteiger partial charge in [0, 0.05) is 18.5 Å². The number of aliphatic hydroxyl groups excluding tert-OH is 1. The molecule has 2 N–H and O–H groups in total. The molecule has 0 aliphatic rings. The molecule has 0 aliphatic carbocycles. The third-order valence-electron chi connectivity index (χ3n) is 2.99. The summed E-state index contributed by atoms with van der Waals surface area (Å²) in [5.74, 6) is 0.941. The van der Waals surface area contributed by atoms with Crippen LogP contribution in [0.25, 0.3) is 10.9 Å². The van der Waals surface area contributed by atoms with E-state index >= 15 is 0 Å². The molecule has 0 saturated heterocycles. The van der Waals surface area contributed by atoms with Crippen LogP contribution < -0.4 is 5.32 Å². The van der Waals surface area contributed by atoms with Crippen LogP contribution >= 0.6 is 0 Å². The summed E-state index contributed by atoms with van der Waals surface area (Å²) in [5, 5.41) is 13.2. The molecule has 0 amide bonds. The van der Waals surface area contributed by atoms with Gasteiger partial charge in [0.25, 0.3) is 0 Å². The average Bonchev–Trinajstić information content (AvgIpc) is 2.42. The summed E-state index contributed by atoms with van der Waals surface area (Å²) >= 11 is 0. The van der Waals surface area contributed by atoms with Gasteiger partial charge in [-0.25, -0.2) is 4.98 Å². The third kappa shape index (κ3) is 3.70. The summed E-state index contributed by atoms with van der Waals surface area (Å²) in [6.07, 6.45) is 4.28. The Morgan fingerprint density at radius 2 is 1.78 bits per heavy atom. The molecule has 0 atom stereocenters. The van der Waals surface area contributed by atoms with Crippen LogP contribution in [0.1, 0.15) is 25.7 Å². The van der Waals surface area contributed by atoms with E-state index in [0.29, 0.717) is 6.61 Å². The van der Waals surface area contributed by atoms with Crippen molar-refractivity contribution in [1.82, 2.24) is 4.98 Å². The van der Waals surface area contributed by atoms with Crippen molar-refractivity contribution in [3.8, 4) is 0 Å². The van der Waals surface area contributed by atoms with E-state index in [1.165, 1.54) is 5.39 Å². The lowest BCUT2D eigenvalue weighted by molar-refractivity contribution is 0.283. The first-order valence-corrected chi connectivity index (χ1v) is 6.61. The maximum atomic E-state index is 8.68. The average molecular weight is 244 g/mol. The van der Waals surface area contributed by atoms with Crippen LogP contribution in [0.2, 0.25) is 0 Å². The quantitative estimate of drug-likeness (QED) is 0.735. The second-order valence-corrected chi connectivity index (χ2v) is 4.45. The Morgan fingerprint density at radius 1 is 0.944 bits per heavy atom. The minimum atomic E-state index is 0.305. The molecule has 0 radical (unpaired) electrons. The largest absolute Gasteiger partial charge is 0.396 e. The number of nitrogens with one attached hydrogen (secondary N) is 1. The van der Waals surface area contributed by atoms with Gasteiger partial charge in [-0.05, 0) is 31.0 Å². The van der Waals surface area contributed by atoms with Crippen molar-refractivity contribution in [3.05, 3.63) is 36.4 Å². The Balaban J connectivity index is 1.81. The molecule has 0 unspecified atom stereocenters. The maximum Gasteiger partial charge on any atom is 0.126 e. The summed E-state index contributed by atoms with van der Waals surface area (Å²) in [6.45, 7) is 1.25. The molecule has 1 heterocycles. The number of rotatable bonds is 7. The molecular weight excluding hydrogens is 224 g/mol. The van der Waals surface area contributed by atoms with E-state index in [4.69, 9.17) is 5.11 Å². The van der Waals surface area contributed by atoms with Gasteiger partial charge in [-0.1, -0.05) is 31.0 Å². The van der Waals surface area contributed by atoms with Crippen LogP contribution in [-0.2, 0) is 0 Å². The monoisotopic (exact) mass is 244 g/mol. The van der Waals surface area contributed by atoms with Gasteiger partial charge < -0.3 is 10.4 Å². The van der Waals surface area contributed by atoms with Gasteiger partial charge in [-0.3, -0.25) is 0 Å². The molecular formula is C15H20N2O. The van der Waals surface area contributed by atoms with Gasteiger partial charge >= 0.3 is 0 Å². The molecule has 0 fully saturated rings. The SMILES string of the molecule is OCCCCCCNc1ccc2ccccc2n1. The molecule has 0 aliphatic heterocycles. The number of aromatic nitrogens is 1. The highest BCUT2D eigenvalue weighted by molar-refractivity contribution is 5.79. The van der Waals surface area contributed by atoms with Crippen molar-refractivity contribution in [2.45, 2.75) is 25.7 Å². The van der Waals surface area contributed by atoms with Crippen molar-refractivity contribution in [1.29, 1.82) is 0 Å². The summed E-state index contributed by atoms with van der Waals surface area (Å²) in [7, 11) is 0. The number of hydrogen-bond donors (Lipinski definition) is 2. The molecule has 2 rings (SSSR count). The van der Waals surface area contributed by atoms with Gasteiger partial charge in [0.15, 0.2) is 0 Å². The first-order chi connectivity index (χ1) is 8.90. The number of unbranched alkanes of at least 4 members (excludes halogenated alkanes) is 3. The van der Waals surface area contributed by atoms with Crippen molar-refractivity contribution in [3.63, 3.8) is 0 Å². The van der Waals surface area contributed by atoms with E-state index in [2.05, 4.69) is 22.4 Å². The van der Waals surface area contributed by atoms with E-state index in [0.717, 1.165) is 43.6 Å². The predicted octanol–water partition coefficient (Wildman–Crippen LogP) is 3.20. The summed E-state index contributed by atoms with van der Waals surface area (Å²) in [4.78, 5) is 4.56. The highest BCUT2D eigenvalue weighted by Gasteiger charge is 1.96. The number of benzene rings is 1. The van der Waals surface area contributed by atoms with Gasteiger partial charge in [0.1, 0.15) is 5.82 Å². The standard InChI is InChI=1S/C15H20N2O/c18-12-6-2-1-5-11-16-15-10-9-13-7-3-4-8-14(13)17-15/h3-4,7-10,18H,1-2,5-6,11-12H2,(H,16,17). The Kier molecular flexibility index (Phi) is 4.97. The zero-order valence-corrected chi connectivity index (χ0v) is 10.6. The predicted molar refractivity (Wildman–Crippen MR) is 75.8 cm³/mol. The highest BCUT2D eigenvalue weighted by Crippen LogP contribution is 2.14. The van der Waals surface area contributed by atoms with Crippen molar-refractivity contribution < 1.29 is 5.11 Å². The summed E-state index contributed by atoms with van der Waals surface area (Å²) in [5.41, 5.74) is 1.03. The first-order valence-electron chi connectivity index (χ1n) is 6.61. The van der Waals surface area contributed by atoms with E-state index in [-0.39, 0.29) is 0 Å². The van der Waals surface area contributed by atoms with Crippen LogP contribution in [0.3, 0.4) is 0 Å². The molecule has 1 aromatic carbocycles. The Hall–Kier alpha value is -1.61. The number of hydrogen-bond acceptors (Lipinski definition) is 3. The van der Waals surface area contributed by atoms with Crippen molar-refractivity contribution in [2.24, 2.45) is 0 Å². The fourth-order valence-electron chi connectivity index (χ4n) is 1.97. The molecule has 3 heteroatoms. The number of aliphatic hydroxyl groups is 1. The fourth-order valence-corrected chi connectivity index (χ4v) is 1.97. The lowest BCUT2D eigenvalue weighted by Crippen LogP contribution is -2.03. The van der Waals surface area contributed by atoms with Gasteiger partial charge in [0.05, 0.1) is 5.52 Å².